The van der Waals surface area contributed by atoms with Gasteiger partial charge in [0.2, 0.25) is 5.91 Å². The van der Waals surface area contributed by atoms with Crippen LogP contribution in [0.1, 0.15) is 11.1 Å². The molecule has 4 rings (SSSR count). The van der Waals surface area contributed by atoms with Gasteiger partial charge in [0.05, 0.1) is 16.6 Å². The van der Waals surface area contributed by atoms with Crippen LogP contribution >= 0.6 is 27.3 Å². The van der Waals surface area contributed by atoms with Crippen LogP contribution in [0.3, 0.4) is 0 Å². The number of thiazole rings is 1. The van der Waals surface area contributed by atoms with Gasteiger partial charge in [0, 0.05) is 15.7 Å². The normalized spacial score (nSPS) is 10.9. The Bertz CT molecular complexity index is 1100. The van der Waals surface area contributed by atoms with E-state index in [1.165, 1.54) is 10.3 Å². The lowest BCUT2D eigenvalue weighted by Gasteiger charge is -2.06. The van der Waals surface area contributed by atoms with Crippen LogP contribution in [-0.4, -0.2) is 10.9 Å². The Labute approximate surface area is 170 Å². The number of rotatable bonds is 4. The Kier molecular flexibility index (Phi) is 5.05. The molecule has 1 heterocycles. The van der Waals surface area contributed by atoms with Gasteiger partial charge >= 0.3 is 0 Å². The van der Waals surface area contributed by atoms with Gasteiger partial charge in [-0.15, -0.1) is 11.3 Å². The zero-order valence-corrected chi connectivity index (χ0v) is 17.1. The minimum atomic E-state index is -0.0273. The minimum absolute atomic E-state index is 0.0273. The van der Waals surface area contributed by atoms with Gasteiger partial charge in [-0.25, -0.2) is 4.98 Å². The smallest absolute Gasteiger partial charge is 0.228 e. The van der Waals surface area contributed by atoms with E-state index in [0.29, 0.717) is 6.42 Å². The molecule has 3 nitrogen and oxygen atoms in total. The first kappa shape index (κ1) is 17.9. The van der Waals surface area contributed by atoms with Crippen LogP contribution in [-0.2, 0) is 11.2 Å². The molecule has 134 valence electrons. The van der Waals surface area contributed by atoms with Crippen LogP contribution in [0.4, 0.5) is 5.69 Å². The summed E-state index contributed by atoms with van der Waals surface area (Å²) in [5.41, 5.74) is 5.09. The molecule has 0 aliphatic heterocycles. The molecule has 0 fully saturated rings. The SMILES string of the molecule is Cc1ccc2nc(-c3ccc(NC(=O)Cc4ccc(Br)cc4)cc3)sc2c1. The molecule has 0 aliphatic rings. The lowest BCUT2D eigenvalue weighted by atomic mass is 10.1. The first-order valence-electron chi connectivity index (χ1n) is 8.59. The topological polar surface area (TPSA) is 42.0 Å². The molecule has 3 aromatic carbocycles. The van der Waals surface area contributed by atoms with Crippen molar-refractivity contribution in [1.29, 1.82) is 0 Å². The molecule has 0 aliphatic carbocycles. The molecule has 0 saturated heterocycles. The Balaban J connectivity index is 1.46. The molecule has 0 radical (unpaired) electrons. The van der Waals surface area contributed by atoms with Gasteiger partial charge in [0.1, 0.15) is 5.01 Å². The number of nitrogens with one attached hydrogen (secondary N) is 1. The van der Waals surface area contributed by atoms with Crippen LogP contribution < -0.4 is 5.32 Å². The van der Waals surface area contributed by atoms with Crippen molar-refractivity contribution in [3.05, 3.63) is 82.3 Å². The van der Waals surface area contributed by atoms with Crippen molar-refractivity contribution in [2.24, 2.45) is 0 Å². The Hall–Kier alpha value is -2.50. The van der Waals surface area contributed by atoms with Crippen molar-refractivity contribution < 1.29 is 4.79 Å². The minimum Gasteiger partial charge on any atom is -0.326 e. The second kappa shape index (κ2) is 7.62. The van der Waals surface area contributed by atoms with Gasteiger partial charge in [-0.05, 0) is 66.6 Å². The van der Waals surface area contributed by atoms with Crippen molar-refractivity contribution in [3.8, 4) is 10.6 Å². The fourth-order valence-corrected chi connectivity index (χ4v) is 4.18. The summed E-state index contributed by atoms with van der Waals surface area (Å²) in [5, 5.41) is 3.94. The van der Waals surface area contributed by atoms with E-state index in [0.717, 1.165) is 31.8 Å². The van der Waals surface area contributed by atoms with Crippen LogP contribution in [0.15, 0.2) is 71.2 Å². The molecule has 0 unspecified atom stereocenters. The molecule has 0 spiro atoms. The summed E-state index contributed by atoms with van der Waals surface area (Å²) in [7, 11) is 0. The van der Waals surface area contributed by atoms with E-state index in [9.17, 15) is 4.79 Å². The summed E-state index contributed by atoms with van der Waals surface area (Å²) < 4.78 is 2.20. The molecule has 0 bridgehead atoms. The molecule has 0 atom stereocenters. The molecular weight excluding hydrogens is 420 g/mol. The largest absolute Gasteiger partial charge is 0.326 e. The van der Waals surface area contributed by atoms with Crippen molar-refractivity contribution >= 4 is 49.1 Å². The standard InChI is InChI=1S/C22H17BrN2OS/c1-14-2-11-19-20(12-14)27-22(25-19)16-5-9-18(10-6-16)24-21(26)13-15-3-7-17(23)8-4-15/h2-12H,13H2,1H3,(H,24,26). The van der Waals surface area contributed by atoms with E-state index in [-0.39, 0.29) is 5.91 Å². The average molecular weight is 437 g/mol. The second-order valence-corrected chi connectivity index (χ2v) is 8.37. The molecule has 1 amide bonds. The number of nitrogens with zero attached hydrogens (tertiary/aromatic N) is 1. The van der Waals surface area contributed by atoms with E-state index < -0.39 is 0 Å². The number of hydrogen-bond acceptors (Lipinski definition) is 3. The number of carbonyl (C=O) groups excluding carboxylic acids is 1. The first-order chi connectivity index (χ1) is 13.1. The Morgan fingerprint density at radius 3 is 2.52 bits per heavy atom. The van der Waals surface area contributed by atoms with E-state index >= 15 is 0 Å². The number of amides is 1. The molecular formula is C22H17BrN2OS. The number of aromatic nitrogens is 1. The zero-order chi connectivity index (χ0) is 18.8. The van der Waals surface area contributed by atoms with Crippen LogP contribution in [0.2, 0.25) is 0 Å². The Morgan fingerprint density at radius 2 is 1.78 bits per heavy atom. The summed E-state index contributed by atoms with van der Waals surface area (Å²) in [4.78, 5) is 16.9. The molecule has 5 heteroatoms. The van der Waals surface area contributed by atoms with E-state index in [2.05, 4.69) is 46.4 Å². The predicted molar refractivity (Wildman–Crippen MR) is 116 cm³/mol. The molecule has 4 aromatic rings. The summed E-state index contributed by atoms with van der Waals surface area (Å²) >= 11 is 5.09. The highest BCUT2D eigenvalue weighted by Gasteiger charge is 2.08. The van der Waals surface area contributed by atoms with Gasteiger partial charge in [-0.1, -0.05) is 34.1 Å². The summed E-state index contributed by atoms with van der Waals surface area (Å²) in [5.74, 6) is -0.0273. The third kappa shape index (κ3) is 4.26. The van der Waals surface area contributed by atoms with Gasteiger partial charge in [-0.3, -0.25) is 4.79 Å². The lowest BCUT2D eigenvalue weighted by molar-refractivity contribution is -0.115. The van der Waals surface area contributed by atoms with Crippen LogP contribution in [0.5, 0.6) is 0 Å². The highest BCUT2D eigenvalue weighted by molar-refractivity contribution is 9.10. The monoisotopic (exact) mass is 436 g/mol. The van der Waals surface area contributed by atoms with Crippen molar-refractivity contribution in [1.82, 2.24) is 4.98 Å². The van der Waals surface area contributed by atoms with Crippen molar-refractivity contribution in [2.75, 3.05) is 5.32 Å². The number of aryl methyl sites for hydroxylation is 1. The van der Waals surface area contributed by atoms with Gasteiger partial charge in [-0.2, -0.15) is 0 Å². The third-order valence-corrected chi connectivity index (χ3v) is 5.83. The summed E-state index contributed by atoms with van der Waals surface area (Å²) in [6.45, 7) is 2.09. The number of anilines is 1. The molecule has 27 heavy (non-hydrogen) atoms. The number of halogens is 1. The molecule has 0 saturated carbocycles. The first-order valence-corrected chi connectivity index (χ1v) is 10.2. The van der Waals surface area contributed by atoms with Gasteiger partial charge in [0.15, 0.2) is 0 Å². The highest BCUT2D eigenvalue weighted by Crippen LogP contribution is 2.31. The highest BCUT2D eigenvalue weighted by atomic mass is 79.9. The van der Waals surface area contributed by atoms with Crippen molar-refractivity contribution in [3.63, 3.8) is 0 Å². The summed E-state index contributed by atoms with van der Waals surface area (Å²) in [6, 6.07) is 21.9. The van der Waals surface area contributed by atoms with Crippen LogP contribution in [0, 0.1) is 6.92 Å². The number of fused-ring (bicyclic) bond motifs is 1. The maximum atomic E-state index is 12.2. The van der Waals surface area contributed by atoms with Crippen molar-refractivity contribution in [2.45, 2.75) is 13.3 Å². The number of benzene rings is 3. The summed E-state index contributed by atoms with van der Waals surface area (Å²) in [6.07, 6.45) is 0.353. The third-order valence-electron chi connectivity index (χ3n) is 4.24. The van der Waals surface area contributed by atoms with E-state index in [1.807, 2.05) is 48.5 Å². The maximum Gasteiger partial charge on any atom is 0.228 e. The number of carbonyl (C=O) groups is 1. The molecule has 1 aromatic heterocycles. The average Bonchev–Trinajstić information content (AvgIpc) is 3.07. The second-order valence-electron chi connectivity index (χ2n) is 6.42. The fourth-order valence-electron chi connectivity index (χ4n) is 2.84. The van der Waals surface area contributed by atoms with Gasteiger partial charge < -0.3 is 5.32 Å². The number of hydrogen-bond donors (Lipinski definition) is 1. The lowest BCUT2D eigenvalue weighted by Crippen LogP contribution is -2.14. The van der Waals surface area contributed by atoms with E-state index in [4.69, 9.17) is 4.98 Å². The van der Waals surface area contributed by atoms with E-state index in [1.54, 1.807) is 11.3 Å². The fraction of sp³-hybridized carbons (Fsp3) is 0.0909. The predicted octanol–water partition coefficient (Wildman–Crippen LogP) is 6.22. The molecule has 1 N–H and O–H groups in total. The Morgan fingerprint density at radius 1 is 1.04 bits per heavy atom. The quantitative estimate of drug-likeness (QED) is 0.412. The van der Waals surface area contributed by atoms with Gasteiger partial charge in [0.25, 0.3) is 0 Å². The maximum absolute atomic E-state index is 12.2. The zero-order valence-electron chi connectivity index (χ0n) is 14.7. The van der Waals surface area contributed by atoms with Crippen LogP contribution in [0.25, 0.3) is 20.8 Å².